The Labute approximate surface area is 127 Å². The third kappa shape index (κ3) is 1.79. The van der Waals surface area contributed by atoms with E-state index in [0.29, 0.717) is 17.8 Å². The minimum atomic E-state index is -0.665. The standard InChI is InChI=1S/C18H28O3/c1-16(21,14-4-2-3-5-14)18-9-12-6-13(10-18)8-17(7-12,11-18)15(19)20/h12-14,21H,2-11H2,1H3,(H,19,20). The Bertz CT molecular complexity index is 447. The normalized spacial score (nSPS) is 48.5. The van der Waals surface area contributed by atoms with Crippen molar-refractivity contribution in [1.29, 1.82) is 0 Å². The van der Waals surface area contributed by atoms with Gasteiger partial charge in [-0.05, 0) is 76.0 Å². The summed E-state index contributed by atoms with van der Waals surface area (Å²) in [5.41, 5.74) is -1.31. The van der Waals surface area contributed by atoms with Crippen LogP contribution in [0.5, 0.6) is 0 Å². The Balaban J connectivity index is 1.72. The third-order valence-corrected chi connectivity index (χ3v) is 7.74. The van der Waals surface area contributed by atoms with Crippen molar-refractivity contribution in [3.8, 4) is 0 Å². The summed E-state index contributed by atoms with van der Waals surface area (Å²) in [6, 6.07) is 0. The molecule has 5 aliphatic carbocycles. The maximum absolute atomic E-state index is 12.0. The number of carboxylic acids is 1. The highest BCUT2D eigenvalue weighted by Gasteiger charge is 2.66. The van der Waals surface area contributed by atoms with Gasteiger partial charge in [0.1, 0.15) is 0 Å². The predicted molar refractivity (Wildman–Crippen MR) is 79.8 cm³/mol. The number of aliphatic hydroxyl groups is 1. The van der Waals surface area contributed by atoms with E-state index >= 15 is 0 Å². The van der Waals surface area contributed by atoms with Crippen molar-refractivity contribution in [2.45, 2.75) is 76.7 Å². The Morgan fingerprint density at radius 3 is 2.19 bits per heavy atom. The molecule has 5 rings (SSSR count). The monoisotopic (exact) mass is 292 g/mol. The van der Waals surface area contributed by atoms with Crippen LogP contribution >= 0.6 is 0 Å². The molecule has 0 aliphatic heterocycles. The Hall–Kier alpha value is -0.570. The Morgan fingerprint density at radius 2 is 1.67 bits per heavy atom. The van der Waals surface area contributed by atoms with Gasteiger partial charge in [-0.25, -0.2) is 0 Å². The van der Waals surface area contributed by atoms with Crippen LogP contribution < -0.4 is 0 Å². The molecule has 2 N–H and O–H groups in total. The summed E-state index contributed by atoms with van der Waals surface area (Å²) >= 11 is 0. The number of aliphatic carboxylic acids is 1. The lowest BCUT2D eigenvalue weighted by Gasteiger charge is -2.65. The van der Waals surface area contributed by atoms with Gasteiger partial charge >= 0.3 is 5.97 Å². The van der Waals surface area contributed by atoms with E-state index in [0.717, 1.165) is 44.9 Å². The average Bonchev–Trinajstić information content (AvgIpc) is 2.91. The molecule has 0 heterocycles. The molecule has 0 radical (unpaired) electrons. The van der Waals surface area contributed by atoms with Gasteiger partial charge in [-0.1, -0.05) is 12.8 Å². The summed E-state index contributed by atoms with van der Waals surface area (Å²) in [5, 5.41) is 21.3. The molecule has 0 amide bonds. The van der Waals surface area contributed by atoms with E-state index in [-0.39, 0.29) is 5.41 Å². The fraction of sp³-hybridized carbons (Fsp3) is 0.944. The zero-order valence-electron chi connectivity index (χ0n) is 13.1. The molecule has 3 unspecified atom stereocenters. The van der Waals surface area contributed by atoms with E-state index in [2.05, 4.69) is 0 Å². The van der Waals surface area contributed by atoms with Crippen molar-refractivity contribution in [3.05, 3.63) is 0 Å². The number of carbonyl (C=O) groups is 1. The molecule has 0 saturated heterocycles. The van der Waals surface area contributed by atoms with Gasteiger partial charge in [-0.15, -0.1) is 0 Å². The van der Waals surface area contributed by atoms with E-state index in [9.17, 15) is 15.0 Å². The second-order valence-electron chi connectivity index (χ2n) is 8.96. The van der Waals surface area contributed by atoms with Crippen molar-refractivity contribution in [3.63, 3.8) is 0 Å². The van der Waals surface area contributed by atoms with Crippen molar-refractivity contribution < 1.29 is 15.0 Å². The molecule has 21 heavy (non-hydrogen) atoms. The van der Waals surface area contributed by atoms with Gasteiger partial charge in [0.15, 0.2) is 0 Å². The molecular weight excluding hydrogens is 264 g/mol. The van der Waals surface area contributed by atoms with Crippen LogP contribution in [0.3, 0.4) is 0 Å². The third-order valence-electron chi connectivity index (χ3n) is 7.74. The largest absolute Gasteiger partial charge is 0.481 e. The first-order chi connectivity index (χ1) is 9.87. The molecule has 4 bridgehead atoms. The average molecular weight is 292 g/mol. The van der Waals surface area contributed by atoms with E-state index < -0.39 is 17.0 Å². The first-order valence-electron chi connectivity index (χ1n) is 8.83. The Kier molecular flexibility index (Phi) is 2.84. The molecule has 3 nitrogen and oxygen atoms in total. The zero-order valence-corrected chi connectivity index (χ0v) is 13.1. The number of carboxylic acid groups (broad SMARTS) is 1. The maximum atomic E-state index is 12.0. The highest BCUT2D eigenvalue weighted by molar-refractivity contribution is 5.75. The summed E-state index contributed by atoms with van der Waals surface area (Å²) in [5.74, 6) is 0.869. The van der Waals surface area contributed by atoms with Crippen LogP contribution in [-0.4, -0.2) is 21.8 Å². The van der Waals surface area contributed by atoms with Crippen LogP contribution in [0.1, 0.15) is 71.1 Å². The lowest BCUT2D eigenvalue weighted by atomic mass is 9.40. The minimum Gasteiger partial charge on any atom is -0.481 e. The van der Waals surface area contributed by atoms with Crippen molar-refractivity contribution >= 4 is 5.97 Å². The van der Waals surface area contributed by atoms with Crippen LogP contribution in [0.2, 0.25) is 0 Å². The first-order valence-corrected chi connectivity index (χ1v) is 8.83. The second-order valence-corrected chi connectivity index (χ2v) is 8.96. The number of hydrogen-bond acceptors (Lipinski definition) is 2. The van der Waals surface area contributed by atoms with Gasteiger partial charge in [0.2, 0.25) is 0 Å². The molecule has 118 valence electrons. The summed E-state index contributed by atoms with van der Waals surface area (Å²) in [7, 11) is 0. The Morgan fingerprint density at radius 1 is 1.10 bits per heavy atom. The lowest BCUT2D eigenvalue weighted by Crippen LogP contribution is -2.63. The SMILES string of the molecule is CC(O)(C1CCCC1)C12CC3CC(CC(C(=O)O)(C3)C1)C2. The van der Waals surface area contributed by atoms with Gasteiger partial charge in [0.05, 0.1) is 11.0 Å². The highest BCUT2D eigenvalue weighted by atomic mass is 16.4. The fourth-order valence-corrected chi connectivity index (χ4v) is 7.03. The zero-order chi connectivity index (χ0) is 14.9. The van der Waals surface area contributed by atoms with E-state index in [1.807, 2.05) is 6.92 Å². The smallest absolute Gasteiger partial charge is 0.309 e. The first kappa shape index (κ1) is 14.0. The molecule has 0 aromatic carbocycles. The molecule has 5 aliphatic rings. The molecule has 0 aromatic rings. The van der Waals surface area contributed by atoms with Crippen LogP contribution in [0.15, 0.2) is 0 Å². The van der Waals surface area contributed by atoms with Gasteiger partial charge in [-0.3, -0.25) is 4.79 Å². The fourth-order valence-electron chi connectivity index (χ4n) is 7.03. The minimum absolute atomic E-state index is 0.121. The highest BCUT2D eigenvalue weighted by Crippen LogP contribution is 2.69. The number of rotatable bonds is 3. The molecule has 5 fully saturated rings. The topological polar surface area (TPSA) is 57.5 Å². The van der Waals surface area contributed by atoms with E-state index in [1.54, 1.807) is 0 Å². The van der Waals surface area contributed by atoms with Crippen LogP contribution in [0.25, 0.3) is 0 Å². The van der Waals surface area contributed by atoms with Gasteiger partial charge < -0.3 is 10.2 Å². The van der Waals surface area contributed by atoms with Crippen LogP contribution in [-0.2, 0) is 4.79 Å². The van der Waals surface area contributed by atoms with Gasteiger partial charge in [0, 0.05) is 5.41 Å². The van der Waals surface area contributed by atoms with E-state index in [4.69, 9.17) is 0 Å². The summed E-state index contributed by atoms with van der Waals surface area (Å²) in [6.45, 7) is 2.05. The molecule has 0 spiro atoms. The van der Waals surface area contributed by atoms with Crippen molar-refractivity contribution in [2.24, 2.45) is 28.6 Å². The van der Waals surface area contributed by atoms with Crippen LogP contribution in [0, 0.1) is 28.6 Å². The molecule has 3 heteroatoms. The summed E-state index contributed by atoms with van der Waals surface area (Å²) < 4.78 is 0. The quantitative estimate of drug-likeness (QED) is 0.835. The van der Waals surface area contributed by atoms with Crippen molar-refractivity contribution in [1.82, 2.24) is 0 Å². The van der Waals surface area contributed by atoms with Gasteiger partial charge in [0.25, 0.3) is 0 Å². The molecule has 0 aromatic heterocycles. The summed E-state index contributed by atoms with van der Waals surface area (Å²) in [4.78, 5) is 12.0. The molecule has 5 saturated carbocycles. The lowest BCUT2D eigenvalue weighted by molar-refractivity contribution is -0.223. The predicted octanol–water partition coefficient (Wildman–Crippen LogP) is 3.60. The number of hydrogen-bond donors (Lipinski definition) is 2. The second kappa shape index (κ2) is 4.24. The molecule has 3 atom stereocenters. The van der Waals surface area contributed by atoms with Crippen LogP contribution in [0.4, 0.5) is 0 Å². The van der Waals surface area contributed by atoms with Gasteiger partial charge in [-0.2, -0.15) is 0 Å². The summed E-state index contributed by atoms with van der Waals surface area (Å²) in [6.07, 6.45) is 10.5. The maximum Gasteiger partial charge on any atom is 0.309 e. The molecular formula is C18H28O3. The van der Waals surface area contributed by atoms with E-state index in [1.165, 1.54) is 19.3 Å². The van der Waals surface area contributed by atoms with Crippen molar-refractivity contribution in [2.75, 3.05) is 0 Å².